The zero-order valence-corrected chi connectivity index (χ0v) is 22.6. The van der Waals surface area contributed by atoms with Gasteiger partial charge in [-0.25, -0.2) is 9.97 Å². The summed E-state index contributed by atoms with van der Waals surface area (Å²) in [6.07, 6.45) is 26.7. The summed E-state index contributed by atoms with van der Waals surface area (Å²) < 4.78 is 5.93. The van der Waals surface area contributed by atoms with Crippen molar-refractivity contribution >= 4 is 0 Å². The minimum atomic E-state index is 0.811. The number of aromatic nitrogens is 2. The summed E-state index contributed by atoms with van der Waals surface area (Å²) >= 11 is 0. The molecule has 0 atom stereocenters. The standard InChI is InChI=1S/C32H50N2O/c1-3-5-7-8-9-10-12-24-35-31-21-19-29(20-22-31)30-25-33-32(34-26-30)23-18-28-16-14-27(15-17-28)13-11-6-4-2/h19-22,25-28H,3-18,23-24H2,1-2H3/t27-,28-. The van der Waals surface area contributed by atoms with Gasteiger partial charge >= 0.3 is 0 Å². The average Bonchev–Trinajstić information content (AvgIpc) is 2.90. The van der Waals surface area contributed by atoms with E-state index in [1.807, 2.05) is 12.4 Å². The highest BCUT2D eigenvalue weighted by Gasteiger charge is 2.20. The molecule has 2 aromatic rings. The van der Waals surface area contributed by atoms with Crippen LogP contribution in [0.4, 0.5) is 0 Å². The van der Waals surface area contributed by atoms with Gasteiger partial charge in [0.25, 0.3) is 0 Å². The van der Waals surface area contributed by atoms with Crippen LogP contribution < -0.4 is 4.74 Å². The lowest BCUT2D eigenvalue weighted by Crippen LogP contribution is -2.15. The van der Waals surface area contributed by atoms with E-state index in [-0.39, 0.29) is 0 Å². The van der Waals surface area contributed by atoms with Gasteiger partial charge in [0.2, 0.25) is 0 Å². The molecular formula is C32H50N2O. The summed E-state index contributed by atoms with van der Waals surface area (Å²) in [7, 11) is 0. The molecule has 0 amide bonds. The highest BCUT2D eigenvalue weighted by molar-refractivity contribution is 5.62. The van der Waals surface area contributed by atoms with Crippen molar-refractivity contribution < 1.29 is 4.74 Å². The van der Waals surface area contributed by atoms with Crippen molar-refractivity contribution in [3.63, 3.8) is 0 Å². The molecule has 1 aromatic carbocycles. The highest BCUT2D eigenvalue weighted by Crippen LogP contribution is 2.34. The minimum absolute atomic E-state index is 0.811. The van der Waals surface area contributed by atoms with Crippen molar-refractivity contribution in [2.45, 2.75) is 123 Å². The molecule has 35 heavy (non-hydrogen) atoms. The predicted octanol–water partition coefficient (Wildman–Crippen LogP) is 9.59. The molecule has 0 N–H and O–H groups in total. The van der Waals surface area contributed by atoms with Crippen molar-refractivity contribution in [3.8, 4) is 16.9 Å². The Morgan fingerprint density at radius 1 is 0.657 bits per heavy atom. The number of aryl methyl sites for hydroxylation is 1. The Morgan fingerprint density at radius 3 is 1.89 bits per heavy atom. The van der Waals surface area contributed by atoms with Gasteiger partial charge in [-0.15, -0.1) is 0 Å². The van der Waals surface area contributed by atoms with Crippen molar-refractivity contribution in [2.24, 2.45) is 11.8 Å². The van der Waals surface area contributed by atoms with Crippen LogP contribution in [0.25, 0.3) is 11.1 Å². The molecule has 3 rings (SSSR count). The Hall–Kier alpha value is -1.90. The first-order valence-corrected chi connectivity index (χ1v) is 14.8. The topological polar surface area (TPSA) is 35.0 Å². The number of hydrogen-bond acceptors (Lipinski definition) is 3. The fourth-order valence-corrected chi connectivity index (χ4v) is 5.45. The summed E-state index contributed by atoms with van der Waals surface area (Å²) in [5.41, 5.74) is 2.24. The molecule has 1 aliphatic rings. The molecule has 3 heteroatoms. The van der Waals surface area contributed by atoms with Crippen LogP contribution in [-0.2, 0) is 6.42 Å². The number of benzene rings is 1. The predicted molar refractivity (Wildman–Crippen MR) is 149 cm³/mol. The number of rotatable bonds is 17. The smallest absolute Gasteiger partial charge is 0.128 e. The summed E-state index contributed by atoms with van der Waals surface area (Å²) in [5, 5.41) is 0. The van der Waals surface area contributed by atoms with E-state index in [9.17, 15) is 0 Å². The van der Waals surface area contributed by atoms with Crippen LogP contribution in [0.1, 0.15) is 122 Å². The van der Waals surface area contributed by atoms with E-state index < -0.39 is 0 Å². The number of unbranched alkanes of at least 4 members (excludes halogenated alkanes) is 8. The second-order valence-corrected chi connectivity index (χ2v) is 10.8. The zero-order chi connectivity index (χ0) is 24.6. The second kappa shape index (κ2) is 16.7. The third-order valence-electron chi connectivity index (χ3n) is 7.87. The van der Waals surface area contributed by atoms with Crippen LogP contribution in [-0.4, -0.2) is 16.6 Å². The first-order chi connectivity index (χ1) is 17.3. The van der Waals surface area contributed by atoms with Crippen molar-refractivity contribution in [1.29, 1.82) is 0 Å². The van der Waals surface area contributed by atoms with Crippen LogP contribution in [0.15, 0.2) is 36.7 Å². The first-order valence-electron chi connectivity index (χ1n) is 14.8. The Balaban J connectivity index is 1.32. The van der Waals surface area contributed by atoms with E-state index in [2.05, 4.69) is 48.1 Å². The van der Waals surface area contributed by atoms with Crippen LogP contribution in [0.3, 0.4) is 0 Å². The maximum Gasteiger partial charge on any atom is 0.128 e. The minimum Gasteiger partial charge on any atom is -0.494 e. The molecule has 0 bridgehead atoms. The quantitative estimate of drug-likeness (QED) is 0.212. The van der Waals surface area contributed by atoms with Gasteiger partial charge < -0.3 is 4.74 Å². The van der Waals surface area contributed by atoms with Gasteiger partial charge in [-0.1, -0.05) is 116 Å². The monoisotopic (exact) mass is 478 g/mol. The molecule has 1 fully saturated rings. The van der Waals surface area contributed by atoms with E-state index in [0.29, 0.717) is 0 Å². The molecule has 1 aliphatic carbocycles. The van der Waals surface area contributed by atoms with Gasteiger partial charge in [0.05, 0.1) is 6.61 Å². The van der Waals surface area contributed by atoms with E-state index in [1.54, 1.807) is 0 Å². The summed E-state index contributed by atoms with van der Waals surface area (Å²) in [6.45, 7) is 5.38. The first kappa shape index (κ1) is 27.7. The fourth-order valence-electron chi connectivity index (χ4n) is 5.45. The molecule has 0 unspecified atom stereocenters. The van der Waals surface area contributed by atoms with Gasteiger partial charge in [-0.3, -0.25) is 0 Å². The second-order valence-electron chi connectivity index (χ2n) is 10.8. The third-order valence-corrected chi connectivity index (χ3v) is 7.87. The van der Waals surface area contributed by atoms with Crippen molar-refractivity contribution in [2.75, 3.05) is 6.61 Å². The normalized spacial score (nSPS) is 18.0. The van der Waals surface area contributed by atoms with Crippen molar-refractivity contribution in [1.82, 2.24) is 9.97 Å². The van der Waals surface area contributed by atoms with Gasteiger partial charge in [-0.05, 0) is 42.4 Å². The summed E-state index contributed by atoms with van der Waals surface area (Å²) in [4.78, 5) is 9.36. The molecule has 0 aliphatic heterocycles. The molecule has 1 heterocycles. The molecule has 1 saturated carbocycles. The molecule has 3 nitrogen and oxygen atoms in total. The Labute approximate surface area is 215 Å². The maximum absolute atomic E-state index is 5.93. The lowest BCUT2D eigenvalue weighted by molar-refractivity contribution is 0.248. The Morgan fingerprint density at radius 2 is 1.23 bits per heavy atom. The van der Waals surface area contributed by atoms with Gasteiger partial charge in [-0.2, -0.15) is 0 Å². The van der Waals surface area contributed by atoms with E-state index in [1.165, 1.54) is 96.3 Å². The van der Waals surface area contributed by atoms with Gasteiger partial charge in [0.1, 0.15) is 11.6 Å². The van der Waals surface area contributed by atoms with E-state index >= 15 is 0 Å². The average molecular weight is 479 g/mol. The third kappa shape index (κ3) is 10.7. The van der Waals surface area contributed by atoms with Gasteiger partial charge in [0, 0.05) is 24.4 Å². The Kier molecular flexibility index (Phi) is 13.2. The lowest BCUT2D eigenvalue weighted by atomic mass is 9.78. The largest absolute Gasteiger partial charge is 0.494 e. The van der Waals surface area contributed by atoms with E-state index in [0.717, 1.165) is 54.0 Å². The van der Waals surface area contributed by atoms with E-state index in [4.69, 9.17) is 4.74 Å². The molecule has 0 saturated heterocycles. The van der Waals surface area contributed by atoms with Crippen LogP contribution in [0, 0.1) is 11.8 Å². The Bertz CT molecular complexity index is 778. The number of hydrogen-bond donors (Lipinski definition) is 0. The molecule has 0 spiro atoms. The summed E-state index contributed by atoms with van der Waals surface area (Å²) in [6, 6.07) is 8.39. The number of nitrogens with zero attached hydrogens (tertiary/aromatic N) is 2. The molecule has 1 aromatic heterocycles. The summed E-state index contributed by atoms with van der Waals surface area (Å²) in [5.74, 6) is 3.81. The number of ether oxygens (including phenoxy) is 1. The zero-order valence-electron chi connectivity index (χ0n) is 22.6. The van der Waals surface area contributed by atoms with Gasteiger partial charge in [0.15, 0.2) is 0 Å². The highest BCUT2D eigenvalue weighted by atomic mass is 16.5. The van der Waals surface area contributed by atoms with Crippen LogP contribution in [0.5, 0.6) is 5.75 Å². The van der Waals surface area contributed by atoms with Crippen LogP contribution >= 0.6 is 0 Å². The lowest BCUT2D eigenvalue weighted by Gasteiger charge is -2.28. The maximum atomic E-state index is 5.93. The van der Waals surface area contributed by atoms with Crippen molar-refractivity contribution in [3.05, 3.63) is 42.5 Å². The SMILES string of the molecule is CCCCCCCCCOc1ccc(-c2cnc(CC[C@H]3CC[C@H](CCCCC)CC3)nc2)cc1. The fraction of sp³-hybridized carbons (Fsp3) is 0.688. The van der Waals surface area contributed by atoms with Crippen LogP contribution in [0.2, 0.25) is 0 Å². The molecule has 194 valence electrons. The molecular weight excluding hydrogens is 428 g/mol. The molecule has 0 radical (unpaired) electrons.